The molecule has 26 heavy (non-hydrogen) atoms. The molecule has 0 fully saturated rings. The van der Waals surface area contributed by atoms with Gasteiger partial charge in [-0.2, -0.15) is 0 Å². The summed E-state index contributed by atoms with van der Waals surface area (Å²) >= 11 is 7.18. The molecule has 0 saturated heterocycles. The Morgan fingerprint density at radius 3 is 2.46 bits per heavy atom. The maximum Gasteiger partial charge on any atom is 0.275 e. The highest BCUT2D eigenvalue weighted by Crippen LogP contribution is 2.23. The number of carbonyl (C=O) groups excluding carboxylic acids is 2. The van der Waals surface area contributed by atoms with Crippen LogP contribution in [0, 0.1) is 0 Å². The van der Waals surface area contributed by atoms with E-state index in [4.69, 9.17) is 16.3 Å². The fourth-order valence-electron chi connectivity index (χ4n) is 2.10. The molecular weight excluding hydrogens is 374 g/mol. The minimum atomic E-state index is -0.403. The van der Waals surface area contributed by atoms with Crippen LogP contribution in [-0.2, 0) is 0 Å². The number of ether oxygens (including phenoxy) is 1. The van der Waals surface area contributed by atoms with Crippen molar-refractivity contribution in [3.05, 3.63) is 70.2 Å². The molecule has 1 heterocycles. The third kappa shape index (κ3) is 4.19. The first kappa shape index (κ1) is 17.9. The van der Waals surface area contributed by atoms with Crippen LogP contribution in [0.3, 0.4) is 0 Å². The van der Waals surface area contributed by atoms with Gasteiger partial charge in [0.05, 0.1) is 17.8 Å². The van der Waals surface area contributed by atoms with Crippen molar-refractivity contribution in [3.8, 4) is 5.75 Å². The van der Waals surface area contributed by atoms with E-state index in [1.165, 1.54) is 0 Å². The first-order valence-corrected chi connectivity index (χ1v) is 8.79. The van der Waals surface area contributed by atoms with E-state index >= 15 is 0 Å². The van der Waals surface area contributed by atoms with E-state index in [1.54, 1.807) is 61.0 Å². The van der Waals surface area contributed by atoms with Gasteiger partial charge in [0, 0.05) is 10.9 Å². The number of nitrogens with one attached hydrogen (secondary N) is 2. The number of nitrogens with zero attached hydrogens (tertiary/aromatic N) is 1. The molecule has 132 valence electrons. The lowest BCUT2D eigenvalue weighted by atomic mass is 10.2. The number of rotatable bonds is 5. The number of amides is 2. The standard InChI is InChI=1S/C18H14ClN3O3S/c1-25-12-8-6-11(7-9-12)16(23)22-18-21-15(10-26-18)17(24)20-14-5-3-2-4-13(14)19/h2-10H,1H3,(H,20,24)(H,21,22,23). The van der Waals surface area contributed by atoms with E-state index in [9.17, 15) is 9.59 Å². The number of aromatic nitrogens is 1. The van der Waals surface area contributed by atoms with Crippen molar-refractivity contribution >= 4 is 45.6 Å². The Hall–Kier alpha value is -2.90. The molecule has 0 atom stereocenters. The van der Waals surface area contributed by atoms with E-state index in [0.717, 1.165) is 11.3 Å². The Bertz CT molecular complexity index is 941. The van der Waals surface area contributed by atoms with E-state index in [1.807, 2.05) is 0 Å². The van der Waals surface area contributed by atoms with Gasteiger partial charge < -0.3 is 10.1 Å². The fourth-order valence-corrected chi connectivity index (χ4v) is 2.96. The molecule has 0 aliphatic carbocycles. The molecule has 0 saturated carbocycles. The SMILES string of the molecule is COc1ccc(C(=O)Nc2nc(C(=O)Nc3ccccc3Cl)cs2)cc1. The van der Waals surface area contributed by atoms with Crippen LogP contribution in [0.1, 0.15) is 20.8 Å². The molecule has 8 heteroatoms. The first-order valence-electron chi connectivity index (χ1n) is 7.53. The Morgan fingerprint density at radius 1 is 1.04 bits per heavy atom. The number of methoxy groups -OCH3 is 1. The van der Waals surface area contributed by atoms with Crippen LogP contribution in [0.2, 0.25) is 5.02 Å². The van der Waals surface area contributed by atoms with E-state index in [-0.39, 0.29) is 11.6 Å². The molecule has 0 aliphatic heterocycles. The number of thiazole rings is 1. The van der Waals surface area contributed by atoms with Gasteiger partial charge in [-0.1, -0.05) is 23.7 Å². The van der Waals surface area contributed by atoms with Crippen molar-refractivity contribution in [1.82, 2.24) is 4.98 Å². The minimum Gasteiger partial charge on any atom is -0.497 e. The maximum atomic E-state index is 12.3. The van der Waals surface area contributed by atoms with Gasteiger partial charge in [0.1, 0.15) is 11.4 Å². The lowest BCUT2D eigenvalue weighted by Crippen LogP contribution is -2.14. The van der Waals surface area contributed by atoms with E-state index in [2.05, 4.69) is 15.6 Å². The van der Waals surface area contributed by atoms with Gasteiger partial charge in [0.15, 0.2) is 5.13 Å². The van der Waals surface area contributed by atoms with Crippen molar-refractivity contribution in [3.63, 3.8) is 0 Å². The van der Waals surface area contributed by atoms with Crippen molar-refractivity contribution in [1.29, 1.82) is 0 Å². The zero-order valence-corrected chi connectivity index (χ0v) is 15.2. The number of para-hydroxylation sites is 1. The molecule has 0 unspecified atom stereocenters. The number of carbonyl (C=O) groups is 2. The first-order chi connectivity index (χ1) is 12.6. The lowest BCUT2D eigenvalue weighted by molar-refractivity contribution is 0.101. The monoisotopic (exact) mass is 387 g/mol. The quantitative estimate of drug-likeness (QED) is 0.683. The summed E-state index contributed by atoms with van der Waals surface area (Å²) < 4.78 is 5.06. The molecular formula is C18H14ClN3O3S. The summed E-state index contributed by atoms with van der Waals surface area (Å²) in [4.78, 5) is 28.6. The summed E-state index contributed by atoms with van der Waals surface area (Å²) in [5.41, 5.74) is 1.15. The smallest absolute Gasteiger partial charge is 0.275 e. The van der Waals surface area contributed by atoms with Crippen molar-refractivity contribution in [2.24, 2.45) is 0 Å². The van der Waals surface area contributed by atoms with Gasteiger partial charge in [0.25, 0.3) is 11.8 Å². The van der Waals surface area contributed by atoms with Gasteiger partial charge in [0.2, 0.25) is 0 Å². The van der Waals surface area contributed by atoms with Gasteiger partial charge >= 0.3 is 0 Å². The summed E-state index contributed by atoms with van der Waals surface area (Å²) in [5, 5.41) is 7.68. The van der Waals surface area contributed by atoms with E-state index in [0.29, 0.717) is 27.2 Å². The zero-order chi connectivity index (χ0) is 18.5. The second kappa shape index (κ2) is 7.99. The topological polar surface area (TPSA) is 80.3 Å². The maximum absolute atomic E-state index is 12.3. The number of hydrogen-bond acceptors (Lipinski definition) is 5. The molecule has 0 spiro atoms. The van der Waals surface area contributed by atoms with Gasteiger partial charge in [-0.3, -0.25) is 14.9 Å². The molecule has 0 aliphatic rings. The van der Waals surface area contributed by atoms with Crippen LogP contribution >= 0.6 is 22.9 Å². The number of anilines is 2. The van der Waals surface area contributed by atoms with Gasteiger partial charge in [-0.15, -0.1) is 11.3 Å². The normalized spacial score (nSPS) is 10.2. The highest BCUT2D eigenvalue weighted by Gasteiger charge is 2.14. The molecule has 6 nitrogen and oxygen atoms in total. The van der Waals surface area contributed by atoms with Crippen LogP contribution in [0.5, 0.6) is 5.75 Å². The van der Waals surface area contributed by atoms with Crippen LogP contribution in [0.4, 0.5) is 10.8 Å². The molecule has 1 aromatic heterocycles. The average molecular weight is 388 g/mol. The summed E-state index contributed by atoms with van der Waals surface area (Å²) in [7, 11) is 1.56. The molecule has 2 amide bonds. The number of hydrogen-bond donors (Lipinski definition) is 2. The highest BCUT2D eigenvalue weighted by molar-refractivity contribution is 7.14. The average Bonchev–Trinajstić information content (AvgIpc) is 3.12. The third-order valence-electron chi connectivity index (χ3n) is 3.43. The van der Waals surface area contributed by atoms with Gasteiger partial charge in [-0.05, 0) is 36.4 Å². The second-order valence-corrected chi connectivity index (χ2v) is 6.42. The second-order valence-electron chi connectivity index (χ2n) is 5.15. The summed E-state index contributed by atoms with van der Waals surface area (Å²) in [5.74, 6) is -0.0614. The Morgan fingerprint density at radius 2 is 1.77 bits per heavy atom. The molecule has 3 rings (SSSR count). The van der Waals surface area contributed by atoms with Gasteiger partial charge in [-0.25, -0.2) is 4.98 Å². The lowest BCUT2D eigenvalue weighted by Gasteiger charge is -2.05. The molecule has 2 aromatic carbocycles. The predicted octanol–water partition coefficient (Wildman–Crippen LogP) is 4.31. The summed E-state index contributed by atoms with van der Waals surface area (Å²) in [6.45, 7) is 0. The largest absolute Gasteiger partial charge is 0.497 e. The number of benzene rings is 2. The summed E-state index contributed by atoms with van der Waals surface area (Å²) in [6, 6.07) is 13.6. The van der Waals surface area contributed by atoms with Crippen LogP contribution < -0.4 is 15.4 Å². The van der Waals surface area contributed by atoms with E-state index < -0.39 is 5.91 Å². The van der Waals surface area contributed by atoms with Crippen LogP contribution in [-0.4, -0.2) is 23.9 Å². The summed E-state index contributed by atoms with van der Waals surface area (Å²) in [6.07, 6.45) is 0. The van der Waals surface area contributed by atoms with Crippen molar-refractivity contribution < 1.29 is 14.3 Å². The van der Waals surface area contributed by atoms with Crippen LogP contribution in [0.25, 0.3) is 0 Å². The Kier molecular flexibility index (Phi) is 5.50. The minimum absolute atomic E-state index is 0.194. The van der Waals surface area contributed by atoms with Crippen LogP contribution in [0.15, 0.2) is 53.9 Å². The fraction of sp³-hybridized carbons (Fsp3) is 0.0556. The highest BCUT2D eigenvalue weighted by atomic mass is 35.5. The van der Waals surface area contributed by atoms with Crippen molar-refractivity contribution in [2.45, 2.75) is 0 Å². The zero-order valence-electron chi connectivity index (χ0n) is 13.7. The molecule has 0 radical (unpaired) electrons. The third-order valence-corrected chi connectivity index (χ3v) is 4.52. The molecule has 0 bridgehead atoms. The van der Waals surface area contributed by atoms with Crippen molar-refractivity contribution in [2.75, 3.05) is 17.7 Å². The molecule has 3 aromatic rings. The Labute approximate surface area is 158 Å². The molecule has 2 N–H and O–H groups in total. The Balaban J connectivity index is 1.66. The predicted molar refractivity (Wildman–Crippen MR) is 102 cm³/mol. The number of halogens is 1.